The fourth-order valence-electron chi connectivity index (χ4n) is 3.49. The van der Waals surface area contributed by atoms with Gasteiger partial charge in [0.2, 0.25) is 0 Å². The summed E-state index contributed by atoms with van der Waals surface area (Å²) in [6.07, 6.45) is 2.03. The molecule has 3 aromatic rings. The van der Waals surface area contributed by atoms with Crippen LogP contribution in [0.25, 0.3) is 0 Å². The molecule has 0 aromatic heterocycles. The van der Waals surface area contributed by atoms with E-state index in [9.17, 15) is 4.79 Å². The van der Waals surface area contributed by atoms with E-state index < -0.39 is 0 Å². The second-order valence-electron chi connectivity index (χ2n) is 7.53. The second-order valence-corrected chi connectivity index (χ2v) is 9.13. The highest BCUT2D eigenvalue weighted by Gasteiger charge is 2.14. The minimum Gasteiger partial charge on any atom is -0.465 e. The number of hydrogen-bond acceptors (Lipinski definition) is 3. The van der Waals surface area contributed by atoms with Gasteiger partial charge in [-0.15, -0.1) is 11.8 Å². The summed E-state index contributed by atoms with van der Waals surface area (Å²) < 4.78 is 4.76. The van der Waals surface area contributed by atoms with Crippen LogP contribution in [0.1, 0.15) is 45.0 Å². The number of carbonyl (C=O) groups excluding carboxylic acids is 1. The molecule has 0 heterocycles. The van der Waals surface area contributed by atoms with Crippen LogP contribution in [0.4, 0.5) is 0 Å². The number of aryl methyl sites for hydroxylation is 2. The molecule has 0 saturated carbocycles. The lowest BCUT2D eigenvalue weighted by molar-refractivity contribution is 0.0600. The van der Waals surface area contributed by atoms with Gasteiger partial charge in [0.05, 0.1) is 12.7 Å². The molecule has 1 atom stereocenters. The lowest BCUT2D eigenvalue weighted by atomic mass is 9.89. The van der Waals surface area contributed by atoms with Crippen LogP contribution in [0.3, 0.4) is 0 Å². The van der Waals surface area contributed by atoms with Crippen molar-refractivity contribution in [1.29, 1.82) is 0 Å². The van der Waals surface area contributed by atoms with E-state index in [0.29, 0.717) is 11.5 Å². The largest absolute Gasteiger partial charge is 0.465 e. The number of thioether (sulfide) groups is 1. The highest BCUT2D eigenvalue weighted by molar-refractivity contribution is 7.99. The molecule has 0 aliphatic heterocycles. The van der Waals surface area contributed by atoms with Gasteiger partial charge in [-0.05, 0) is 97.0 Å². The SMILES string of the molecule is COC(=O)c1ccc(SCCC(Cc2ccc(C)c(C)c2)c2cccc(Cl)c2)cc1. The molecule has 1 unspecified atom stereocenters. The minimum absolute atomic E-state index is 0.305. The van der Waals surface area contributed by atoms with Crippen LogP contribution in [0, 0.1) is 13.8 Å². The number of halogens is 1. The third-order valence-electron chi connectivity index (χ3n) is 5.38. The van der Waals surface area contributed by atoms with E-state index in [-0.39, 0.29) is 5.97 Å². The standard InChI is InChI=1S/C26H27ClO2S/c1-18-7-8-20(15-19(18)2)16-23(22-5-4-6-24(27)17-22)13-14-30-25-11-9-21(10-12-25)26(28)29-3/h4-12,15,17,23H,13-14,16H2,1-3H3. The van der Waals surface area contributed by atoms with E-state index in [1.165, 1.54) is 29.4 Å². The Labute approximate surface area is 188 Å². The molecule has 3 aromatic carbocycles. The summed E-state index contributed by atoms with van der Waals surface area (Å²) in [6.45, 7) is 4.32. The summed E-state index contributed by atoms with van der Waals surface area (Å²) in [5.41, 5.74) is 5.87. The van der Waals surface area contributed by atoms with E-state index in [2.05, 4.69) is 44.2 Å². The van der Waals surface area contributed by atoms with Crippen LogP contribution in [-0.2, 0) is 11.2 Å². The molecule has 156 valence electrons. The van der Waals surface area contributed by atoms with E-state index in [1.54, 1.807) is 11.8 Å². The third-order valence-corrected chi connectivity index (χ3v) is 6.66. The Kier molecular flexibility index (Phi) is 8.01. The summed E-state index contributed by atoms with van der Waals surface area (Å²) in [5.74, 6) is 1.08. The minimum atomic E-state index is -0.305. The first-order chi connectivity index (χ1) is 14.5. The van der Waals surface area contributed by atoms with Crippen LogP contribution in [-0.4, -0.2) is 18.8 Å². The second kappa shape index (κ2) is 10.7. The molecule has 0 N–H and O–H groups in total. The molecular formula is C26H27ClO2S. The van der Waals surface area contributed by atoms with E-state index in [0.717, 1.165) is 28.5 Å². The maximum absolute atomic E-state index is 11.6. The molecule has 0 amide bonds. The topological polar surface area (TPSA) is 26.3 Å². The highest BCUT2D eigenvalue weighted by Crippen LogP contribution is 2.30. The van der Waals surface area contributed by atoms with Gasteiger partial charge in [0.15, 0.2) is 0 Å². The Bertz CT molecular complexity index is 998. The Balaban J connectivity index is 1.69. The summed E-state index contributed by atoms with van der Waals surface area (Å²) in [4.78, 5) is 12.7. The fraction of sp³-hybridized carbons (Fsp3) is 0.269. The number of esters is 1. The summed E-state index contributed by atoms with van der Waals surface area (Å²) in [6, 6.07) is 22.6. The van der Waals surface area contributed by atoms with E-state index in [1.807, 2.05) is 36.4 Å². The summed E-state index contributed by atoms with van der Waals surface area (Å²) in [7, 11) is 1.40. The molecule has 0 radical (unpaired) electrons. The average Bonchev–Trinajstić information content (AvgIpc) is 2.75. The summed E-state index contributed by atoms with van der Waals surface area (Å²) in [5, 5.41) is 0.781. The number of benzene rings is 3. The van der Waals surface area contributed by atoms with Crippen molar-refractivity contribution in [1.82, 2.24) is 0 Å². The first-order valence-corrected chi connectivity index (χ1v) is 11.5. The number of methoxy groups -OCH3 is 1. The van der Waals surface area contributed by atoms with Gasteiger partial charge < -0.3 is 4.74 Å². The molecule has 2 nitrogen and oxygen atoms in total. The zero-order chi connectivity index (χ0) is 21.5. The Hall–Kier alpha value is -2.23. The monoisotopic (exact) mass is 438 g/mol. The molecular weight excluding hydrogens is 412 g/mol. The van der Waals surface area contributed by atoms with Crippen molar-refractivity contribution in [3.8, 4) is 0 Å². The normalized spacial score (nSPS) is 11.9. The molecule has 0 fully saturated rings. The van der Waals surface area contributed by atoms with E-state index in [4.69, 9.17) is 16.3 Å². The van der Waals surface area contributed by atoms with Gasteiger partial charge in [-0.2, -0.15) is 0 Å². The van der Waals surface area contributed by atoms with Crippen LogP contribution >= 0.6 is 23.4 Å². The van der Waals surface area contributed by atoms with Gasteiger partial charge in [0.25, 0.3) is 0 Å². The highest BCUT2D eigenvalue weighted by atomic mass is 35.5. The van der Waals surface area contributed by atoms with Crippen LogP contribution in [0.15, 0.2) is 71.6 Å². The molecule has 3 rings (SSSR count). The Morgan fingerprint density at radius 2 is 1.77 bits per heavy atom. The summed E-state index contributed by atoms with van der Waals surface area (Å²) >= 11 is 8.08. The molecule has 30 heavy (non-hydrogen) atoms. The van der Waals surface area contributed by atoms with Gasteiger partial charge in [0, 0.05) is 9.92 Å². The molecule has 0 saturated heterocycles. The average molecular weight is 439 g/mol. The molecule has 4 heteroatoms. The predicted octanol–water partition coefficient (Wildman–Crippen LogP) is 7.25. The van der Waals surface area contributed by atoms with Gasteiger partial charge in [0.1, 0.15) is 0 Å². The van der Waals surface area contributed by atoms with Gasteiger partial charge in [-0.25, -0.2) is 4.79 Å². The van der Waals surface area contributed by atoms with Crippen LogP contribution < -0.4 is 0 Å². The predicted molar refractivity (Wildman–Crippen MR) is 127 cm³/mol. The van der Waals surface area contributed by atoms with Crippen LogP contribution in [0.2, 0.25) is 5.02 Å². The number of carbonyl (C=O) groups is 1. The molecule has 0 bridgehead atoms. The molecule has 0 aliphatic carbocycles. The maximum atomic E-state index is 11.6. The molecule has 0 spiro atoms. The van der Waals surface area contributed by atoms with Gasteiger partial charge >= 0.3 is 5.97 Å². The first-order valence-electron chi connectivity index (χ1n) is 10.1. The first kappa shape index (κ1) is 22.5. The zero-order valence-electron chi connectivity index (χ0n) is 17.7. The van der Waals surface area contributed by atoms with Crippen molar-refractivity contribution in [3.05, 3.63) is 99.6 Å². The fourth-order valence-corrected chi connectivity index (χ4v) is 4.65. The zero-order valence-corrected chi connectivity index (χ0v) is 19.2. The Morgan fingerprint density at radius 1 is 1.00 bits per heavy atom. The van der Waals surface area contributed by atoms with Crippen molar-refractivity contribution >= 4 is 29.3 Å². The maximum Gasteiger partial charge on any atom is 0.337 e. The van der Waals surface area contributed by atoms with Crippen LogP contribution in [0.5, 0.6) is 0 Å². The third kappa shape index (κ3) is 6.13. The van der Waals surface area contributed by atoms with E-state index >= 15 is 0 Å². The number of ether oxygens (including phenoxy) is 1. The smallest absolute Gasteiger partial charge is 0.337 e. The van der Waals surface area contributed by atoms with Gasteiger partial charge in [-0.3, -0.25) is 0 Å². The lowest BCUT2D eigenvalue weighted by Crippen LogP contribution is -2.05. The van der Waals surface area contributed by atoms with Gasteiger partial charge in [-0.1, -0.05) is 41.9 Å². The van der Waals surface area contributed by atoms with Crippen molar-refractivity contribution in [3.63, 3.8) is 0 Å². The van der Waals surface area contributed by atoms with Crippen molar-refractivity contribution in [2.24, 2.45) is 0 Å². The van der Waals surface area contributed by atoms with Crippen molar-refractivity contribution in [2.45, 2.75) is 37.5 Å². The number of rotatable bonds is 8. The lowest BCUT2D eigenvalue weighted by Gasteiger charge is -2.19. The Morgan fingerprint density at radius 3 is 2.43 bits per heavy atom. The molecule has 0 aliphatic rings. The quantitative estimate of drug-likeness (QED) is 0.273. The van der Waals surface area contributed by atoms with Crippen molar-refractivity contribution in [2.75, 3.05) is 12.9 Å². The number of hydrogen-bond donors (Lipinski definition) is 0. The van der Waals surface area contributed by atoms with Crippen molar-refractivity contribution < 1.29 is 9.53 Å².